The summed E-state index contributed by atoms with van der Waals surface area (Å²) in [4.78, 5) is 16.9. The molecule has 0 N–H and O–H groups in total. The Labute approximate surface area is 211 Å². The number of hydrogen-bond acceptors (Lipinski definition) is 5. The summed E-state index contributed by atoms with van der Waals surface area (Å²) in [5.41, 5.74) is 3.46. The number of nitriles is 1. The van der Waals surface area contributed by atoms with Crippen LogP contribution in [-0.4, -0.2) is 55.5 Å². The Kier molecular flexibility index (Phi) is 8.66. The summed E-state index contributed by atoms with van der Waals surface area (Å²) in [5, 5.41) is 9.03. The van der Waals surface area contributed by atoms with Gasteiger partial charge in [0.2, 0.25) is 5.91 Å². The number of carbonyl (C=O) groups excluding carboxylic acids is 1. The fourth-order valence-electron chi connectivity index (χ4n) is 4.27. The van der Waals surface area contributed by atoms with Crippen molar-refractivity contribution >= 4 is 5.91 Å². The minimum Gasteiger partial charge on any atom is -0.497 e. The monoisotopic (exact) mass is 487 g/mol. The Hall–Kier alpha value is -3.73. The van der Waals surface area contributed by atoms with Gasteiger partial charge in [-0.2, -0.15) is 5.26 Å². The van der Waals surface area contributed by atoms with Crippen LogP contribution >= 0.6 is 0 Å². The first kappa shape index (κ1) is 25.4. The molecule has 1 saturated heterocycles. The molecule has 1 heterocycles. The lowest BCUT2D eigenvalue weighted by Gasteiger charge is -2.36. The van der Waals surface area contributed by atoms with E-state index in [9.17, 15) is 9.18 Å². The van der Waals surface area contributed by atoms with Gasteiger partial charge in [0.05, 0.1) is 37.9 Å². The molecule has 0 aliphatic carbocycles. The van der Waals surface area contributed by atoms with Crippen molar-refractivity contribution in [1.82, 2.24) is 9.80 Å². The van der Waals surface area contributed by atoms with Crippen molar-refractivity contribution in [3.8, 4) is 11.8 Å². The van der Waals surface area contributed by atoms with E-state index in [-0.39, 0.29) is 24.2 Å². The van der Waals surface area contributed by atoms with E-state index in [0.717, 1.165) is 35.5 Å². The smallest absolute Gasteiger partial charge is 0.227 e. The van der Waals surface area contributed by atoms with Crippen molar-refractivity contribution in [1.29, 1.82) is 5.26 Å². The zero-order valence-corrected chi connectivity index (χ0v) is 20.4. The second-order valence-electron chi connectivity index (χ2n) is 8.87. The summed E-state index contributed by atoms with van der Waals surface area (Å²) in [6.45, 7) is 3.87. The maximum Gasteiger partial charge on any atom is 0.227 e. The standard InChI is InChI=1S/C29H30FN3O3/c1-35-27-4-2-3-25(18-27)28(36-21-24-7-5-23(19-31)6-8-24)20-32-13-15-33(16-14-32)29(34)17-22-9-11-26(30)12-10-22/h2-12,18,28H,13-17,20-21H2,1H3. The lowest BCUT2D eigenvalue weighted by atomic mass is 10.1. The molecule has 1 aliphatic rings. The largest absolute Gasteiger partial charge is 0.497 e. The lowest BCUT2D eigenvalue weighted by molar-refractivity contribution is -0.132. The SMILES string of the molecule is COc1cccc(C(CN2CCN(C(=O)Cc3ccc(F)cc3)CC2)OCc2ccc(C#N)cc2)c1. The Balaban J connectivity index is 1.36. The Morgan fingerprint density at radius 3 is 2.36 bits per heavy atom. The number of hydrogen-bond donors (Lipinski definition) is 0. The Bertz CT molecular complexity index is 1180. The topological polar surface area (TPSA) is 65.8 Å². The maximum atomic E-state index is 13.1. The number of nitrogens with zero attached hydrogens (tertiary/aromatic N) is 3. The van der Waals surface area contributed by atoms with Crippen molar-refractivity contribution in [2.24, 2.45) is 0 Å². The molecule has 1 amide bonds. The molecular weight excluding hydrogens is 457 g/mol. The minimum atomic E-state index is -0.299. The molecule has 4 rings (SSSR count). The summed E-state index contributed by atoms with van der Waals surface area (Å²) < 4.78 is 24.9. The molecule has 186 valence electrons. The van der Waals surface area contributed by atoms with Crippen molar-refractivity contribution < 1.29 is 18.7 Å². The average molecular weight is 488 g/mol. The highest BCUT2D eigenvalue weighted by Crippen LogP contribution is 2.25. The van der Waals surface area contributed by atoms with Crippen molar-refractivity contribution in [2.75, 3.05) is 39.8 Å². The molecule has 1 aliphatic heterocycles. The first-order valence-corrected chi connectivity index (χ1v) is 12.0. The van der Waals surface area contributed by atoms with Crippen LogP contribution in [0.4, 0.5) is 4.39 Å². The van der Waals surface area contributed by atoms with Gasteiger partial charge < -0.3 is 14.4 Å². The van der Waals surface area contributed by atoms with Crippen LogP contribution in [0.2, 0.25) is 0 Å². The van der Waals surface area contributed by atoms with E-state index in [2.05, 4.69) is 11.0 Å². The number of carbonyl (C=O) groups is 1. The maximum absolute atomic E-state index is 13.1. The number of methoxy groups -OCH3 is 1. The van der Waals surface area contributed by atoms with Crippen molar-refractivity contribution in [2.45, 2.75) is 19.1 Å². The van der Waals surface area contributed by atoms with Gasteiger partial charge in [-0.1, -0.05) is 36.4 Å². The van der Waals surface area contributed by atoms with Gasteiger partial charge in [0, 0.05) is 32.7 Å². The molecule has 0 radical (unpaired) electrons. The third-order valence-corrected chi connectivity index (χ3v) is 6.42. The molecule has 3 aromatic rings. The molecule has 7 heteroatoms. The minimum absolute atomic E-state index is 0.0580. The van der Waals surface area contributed by atoms with E-state index in [4.69, 9.17) is 14.7 Å². The number of rotatable bonds is 9. The second kappa shape index (κ2) is 12.3. The van der Waals surface area contributed by atoms with Crippen molar-refractivity contribution in [3.05, 3.63) is 101 Å². The van der Waals surface area contributed by atoms with Crippen LogP contribution in [0.3, 0.4) is 0 Å². The number of amides is 1. The van der Waals surface area contributed by atoms with Gasteiger partial charge in [-0.25, -0.2) is 4.39 Å². The second-order valence-corrected chi connectivity index (χ2v) is 8.87. The lowest BCUT2D eigenvalue weighted by Crippen LogP contribution is -2.50. The fourth-order valence-corrected chi connectivity index (χ4v) is 4.27. The molecule has 1 unspecified atom stereocenters. The number of ether oxygens (including phenoxy) is 2. The van der Waals surface area contributed by atoms with E-state index < -0.39 is 0 Å². The van der Waals surface area contributed by atoms with E-state index >= 15 is 0 Å². The van der Waals surface area contributed by atoms with Gasteiger partial charge in [0.15, 0.2) is 0 Å². The Morgan fingerprint density at radius 2 is 1.69 bits per heavy atom. The van der Waals surface area contributed by atoms with E-state index in [1.54, 1.807) is 31.4 Å². The van der Waals surface area contributed by atoms with Crippen LogP contribution in [0.25, 0.3) is 0 Å². The highest BCUT2D eigenvalue weighted by atomic mass is 19.1. The predicted molar refractivity (Wildman–Crippen MR) is 135 cm³/mol. The van der Waals surface area contributed by atoms with Gasteiger partial charge in [-0.05, 0) is 53.1 Å². The first-order chi connectivity index (χ1) is 17.5. The number of piperazine rings is 1. The van der Waals surface area contributed by atoms with Gasteiger partial charge in [-0.3, -0.25) is 9.69 Å². The van der Waals surface area contributed by atoms with Crippen LogP contribution < -0.4 is 4.74 Å². The van der Waals surface area contributed by atoms with E-state index in [0.29, 0.717) is 31.8 Å². The molecule has 0 spiro atoms. The zero-order valence-electron chi connectivity index (χ0n) is 20.4. The predicted octanol–water partition coefficient (Wildman–Crippen LogP) is 4.35. The first-order valence-electron chi connectivity index (χ1n) is 12.0. The summed E-state index contributed by atoms with van der Waals surface area (Å²) in [6.07, 6.45) is 0.0951. The summed E-state index contributed by atoms with van der Waals surface area (Å²) in [5.74, 6) is 0.533. The summed E-state index contributed by atoms with van der Waals surface area (Å²) in [7, 11) is 1.65. The molecule has 0 saturated carbocycles. The van der Waals surface area contributed by atoms with Crippen LogP contribution in [-0.2, 0) is 22.6 Å². The van der Waals surface area contributed by atoms with Crippen LogP contribution in [0, 0.1) is 17.1 Å². The molecule has 6 nitrogen and oxygen atoms in total. The molecular formula is C29H30FN3O3. The van der Waals surface area contributed by atoms with Crippen molar-refractivity contribution in [3.63, 3.8) is 0 Å². The normalized spacial score (nSPS) is 14.8. The van der Waals surface area contributed by atoms with Crippen LogP contribution in [0.15, 0.2) is 72.8 Å². The van der Waals surface area contributed by atoms with Gasteiger partial charge in [0.25, 0.3) is 0 Å². The molecule has 0 aromatic heterocycles. The molecule has 0 bridgehead atoms. The van der Waals surface area contributed by atoms with Crippen LogP contribution in [0.1, 0.15) is 28.4 Å². The van der Waals surface area contributed by atoms with Gasteiger partial charge >= 0.3 is 0 Å². The highest BCUT2D eigenvalue weighted by molar-refractivity contribution is 5.78. The average Bonchev–Trinajstić information content (AvgIpc) is 2.93. The molecule has 36 heavy (non-hydrogen) atoms. The van der Waals surface area contributed by atoms with Gasteiger partial charge in [0.1, 0.15) is 11.6 Å². The van der Waals surface area contributed by atoms with E-state index in [1.165, 1.54) is 12.1 Å². The fraction of sp³-hybridized carbons (Fsp3) is 0.310. The third-order valence-electron chi connectivity index (χ3n) is 6.42. The molecule has 1 atom stereocenters. The van der Waals surface area contributed by atoms with E-state index in [1.807, 2.05) is 41.3 Å². The number of halogens is 1. The highest BCUT2D eigenvalue weighted by Gasteiger charge is 2.24. The number of benzene rings is 3. The van der Waals surface area contributed by atoms with Gasteiger partial charge in [-0.15, -0.1) is 0 Å². The molecule has 1 fully saturated rings. The third kappa shape index (κ3) is 6.91. The summed E-state index contributed by atoms with van der Waals surface area (Å²) in [6, 6.07) is 23.5. The zero-order chi connectivity index (χ0) is 25.3. The van der Waals surface area contributed by atoms with Crippen LogP contribution in [0.5, 0.6) is 5.75 Å². The molecule has 3 aromatic carbocycles. The summed E-state index contributed by atoms with van der Waals surface area (Å²) >= 11 is 0. The quantitative estimate of drug-likeness (QED) is 0.449. The Morgan fingerprint density at radius 1 is 1.00 bits per heavy atom.